The molecule has 4 nitrogen and oxygen atoms in total. The van der Waals surface area contributed by atoms with E-state index >= 15 is 0 Å². The Hall–Kier alpha value is -1.88. The smallest absolute Gasteiger partial charge is 0.175 e. The molecule has 0 spiro atoms. The third kappa shape index (κ3) is 3.36. The predicted octanol–water partition coefficient (Wildman–Crippen LogP) is 2.97. The average Bonchev–Trinajstić information content (AvgIpc) is 2.41. The van der Waals surface area contributed by atoms with Crippen molar-refractivity contribution in [2.24, 2.45) is 0 Å². The van der Waals surface area contributed by atoms with E-state index in [0.29, 0.717) is 4.90 Å². The van der Waals surface area contributed by atoms with Gasteiger partial charge in [-0.2, -0.15) is 0 Å². The Morgan fingerprint density at radius 1 is 1.15 bits per heavy atom. The van der Waals surface area contributed by atoms with Gasteiger partial charge in [-0.15, -0.1) is 0 Å². The predicted molar refractivity (Wildman–Crippen MR) is 80.6 cm³/mol. The minimum absolute atomic E-state index is 0.0755. The monoisotopic (exact) mass is 290 g/mol. The maximum atomic E-state index is 11.6. The molecule has 1 atom stereocenters. The van der Waals surface area contributed by atoms with Crippen LogP contribution in [-0.4, -0.2) is 19.7 Å². The van der Waals surface area contributed by atoms with Crippen molar-refractivity contribution in [3.05, 3.63) is 53.9 Å². The van der Waals surface area contributed by atoms with Crippen LogP contribution in [0.15, 0.2) is 47.6 Å². The third-order valence-corrected chi connectivity index (χ3v) is 4.33. The minimum Gasteiger partial charge on any atom is -0.378 e. The summed E-state index contributed by atoms with van der Waals surface area (Å²) in [5.74, 6) is 0. The molecule has 0 fully saturated rings. The highest BCUT2D eigenvalue weighted by Crippen LogP contribution is 2.24. The number of hydrogen-bond donors (Lipinski definition) is 1. The molecule has 0 aliphatic carbocycles. The Labute approximate surface area is 119 Å². The van der Waals surface area contributed by atoms with E-state index in [1.54, 1.807) is 24.5 Å². The summed E-state index contributed by atoms with van der Waals surface area (Å²) in [7, 11) is -3.19. The standard InChI is InChI=1S/C15H18N2O2S/c1-11-4-5-14(20(3,18)19)10-15(11)17-12(2)13-6-8-16-9-7-13/h4-10,12,17H,1-3H3. The molecule has 20 heavy (non-hydrogen) atoms. The first kappa shape index (κ1) is 14.5. The van der Waals surface area contributed by atoms with Gasteiger partial charge in [0.25, 0.3) is 0 Å². The Kier molecular flexibility index (Phi) is 4.09. The van der Waals surface area contributed by atoms with Crippen LogP contribution in [0.1, 0.15) is 24.1 Å². The molecule has 1 aromatic heterocycles. The van der Waals surface area contributed by atoms with Crippen LogP contribution in [0.2, 0.25) is 0 Å². The fourth-order valence-corrected chi connectivity index (χ4v) is 2.60. The quantitative estimate of drug-likeness (QED) is 0.940. The zero-order chi connectivity index (χ0) is 14.8. The van der Waals surface area contributed by atoms with Gasteiger partial charge in [-0.05, 0) is 49.2 Å². The van der Waals surface area contributed by atoms with Crippen molar-refractivity contribution in [1.82, 2.24) is 4.98 Å². The van der Waals surface area contributed by atoms with Crippen molar-refractivity contribution in [2.75, 3.05) is 11.6 Å². The Morgan fingerprint density at radius 2 is 1.80 bits per heavy atom. The average molecular weight is 290 g/mol. The number of hydrogen-bond acceptors (Lipinski definition) is 4. The van der Waals surface area contributed by atoms with Gasteiger partial charge in [-0.3, -0.25) is 4.98 Å². The molecule has 106 valence electrons. The normalized spacial score (nSPS) is 12.9. The largest absolute Gasteiger partial charge is 0.378 e. The van der Waals surface area contributed by atoms with Crippen LogP contribution >= 0.6 is 0 Å². The number of benzene rings is 1. The van der Waals surface area contributed by atoms with E-state index in [0.717, 1.165) is 16.8 Å². The van der Waals surface area contributed by atoms with Gasteiger partial charge in [0, 0.05) is 30.4 Å². The fraction of sp³-hybridized carbons (Fsp3) is 0.267. The zero-order valence-corrected chi connectivity index (χ0v) is 12.6. The second-order valence-corrected chi connectivity index (χ2v) is 6.91. The SMILES string of the molecule is Cc1ccc(S(C)(=O)=O)cc1NC(C)c1ccncc1. The summed E-state index contributed by atoms with van der Waals surface area (Å²) in [6, 6.07) is 9.08. The molecule has 0 bridgehead atoms. The van der Waals surface area contributed by atoms with Gasteiger partial charge < -0.3 is 5.32 Å². The first-order valence-corrected chi connectivity index (χ1v) is 8.24. The molecule has 0 radical (unpaired) electrons. The maximum absolute atomic E-state index is 11.6. The van der Waals surface area contributed by atoms with Crippen LogP contribution in [-0.2, 0) is 9.84 Å². The number of nitrogens with one attached hydrogen (secondary N) is 1. The summed E-state index contributed by atoms with van der Waals surface area (Å²) < 4.78 is 23.2. The molecule has 2 rings (SSSR count). The number of aromatic nitrogens is 1. The van der Waals surface area contributed by atoms with Gasteiger partial charge in [-0.25, -0.2) is 8.42 Å². The van der Waals surface area contributed by atoms with Crippen molar-refractivity contribution in [3.8, 4) is 0 Å². The third-order valence-electron chi connectivity index (χ3n) is 3.22. The number of rotatable bonds is 4. The second kappa shape index (κ2) is 5.63. The molecule has 1 unspecified atom stereocenters. The molecule has 1 aromatic carbocycles. The van der Waals surface area contributed by atoms with E-state index in [1.807, 2.05) is 32.0 Å². The number of pyridine rings is 1. The van der Waals surface area contributed by atoms with Crippen LogP contribution in [0, 0.1) is 6.92 Å². The van der Waals surface area contributed by atoms with E-state index in [4.69, 9.17) is 0 Å². The molecular formula is C15H18N2O2S. The number of aryl methyl sites for hydroxylation is 1. The summed E-state index contributed by atoms with van der Waals surface area (Å²) in [5.41, 5.74) is 2.94. The van der Waals surface area contributed by atoms with Gasteiger partial charge in [0.15, 0.2) is 9.84 Å². The number of nitrogens with zero attached hydrogens (tertiary/aromatic N) is 1. The summed E-state index contributed by atoms with van der Waals surface area (Å²) in [4.78, 5) is 4.32. The summed E-state index contributed by atoms with van der Waals surface area (Å²) in [6.45, 7) is 3.98. The lowest BCUT2D eigenvalue weighted by Gasteiger charge is -2.18. The Morgan fingerprint density at radius 3 is 2.40 bits per heavy atom. The van der Waals surface area contributed by atoms with Crippen LogP contribution < -0.4 is 5.32 Å². The molecule has 1 heterocycles. The van der Waals surface area contributed by atoms with Crippen LogP contribution in [0.3, 0.4) is 0 Å². The molecule has 0 saturated heterocycles. The van der Waals surface area contributed by atoms with Crippen LogP contribution in [0.5, 0.6) is 0 Å². The van der Waals surface area contributed by atoms with Gasteiger partial charge in [0.1, 0.15) is 0 Å². The number of anilines is 1. The molecule has 0 aliphatic heterocycles. The minimum atomic E-state index is -3.19. The van der Waals surface area contributed by atoms with Crippen molar-refractivity contribution in [1.29, 1.82) is 0 Å². The molecular weight excluding hydrogens is 272 g/mol. The van der Waals surface area contributed by atoms with Gasteiger partial charge in [0.2, 0.25) is 0 Å². The highest BCUT2D eigenvalue weighted by Gasteiger charge is 2.11. The van der Waals surface area contributed by atoms with Crippen molar-refractivity contribution < 1.29 is 8.42 Å². The second-order valence-electron chi connectivity index (χ2n) is 4.90. The van der Waals surface area contributed by atoms with Crippen molar-refractivity contribution >= 4 is 15.5 Å². The lowest BCUT2D eigenvalue weighted by atomic mass is 10.1. The molecule has 2 aromatic rings. The van der Waals surface area contributed by atoms with Crippen molar-refractivity contribution in [3.63, 3.8) is 0 Å². The van der Waals surface area contributed by atoms with Gasteiger partial charge in [-0.1, -0.05) is 6.07 Å². The molecule has 5 heteroatoms. The molecule has 0 amide bonds. The van der Waals surface area contributed by atoms with E-state index in [9.17, 15) is 8.42 Å². The Bertz CT molecular complexity index is 697. The summed E-state index contributed by atoms with van der Waals surface area (Å²) >= 11 is 0. The van der Waals surface area contributed by atoms with Gasteiger partial charge in [0.05, 0.1) is 4.90 Å². The maximum Gasteiger partial charge on any atom is 0.175 e. The van der Waals surface area contributed by atoms with Crippen molar-refractivity contribution in [2.45, 2.75) is 24.8 Å². The van der Waals surface area contributed by atoms with E-state index in [1.165, 1.54) is 6.26 Å². The summed E-state index contributed by atoms with van der Waals surface area (Å²) in [5, 5.41) is 3.35. The van der Waals surface area contributed by atoms with Crippen LogP contribution in [0.25, 0.3) is 0 Å². The number of sulfone groups is 1. The molecule has 0 aliphatic rings. The Balaban J connectivity index is 2.30. The zero-order valence-electron chi connectivity index (χ0n) is 11.8. The lowest BCUT2D eigenvalue weighted by Crippen LogP contribution is -2.08. The van der Waals surface area contributed by atoms with Crippen LogP contribution in [0.4, 0.5) is 5.69 Å². The first-order valence-electron chi connectivity index (χ1n) is 6.35. The highest BCUT2D eigenvalue weighted by molar-refractivity contribution is 7.90. The molecule has 1 N–H and O–H groups in total. The highest BCUT2D eigenvalue weighted by atomic mass is 32.2. The molecule has 0 saturated carbocycles. The van der Waals surface area contributed by atoms with E-state index in [-0.39, 0.29) is 6.04 Å². The van der Waals surface area contributed by atoms with Gasteiger partial charge >= 0.3 is 0 Å². The first-order chi connectivity index (χ1) is 9.38. The summed E-state index contributed by atoms with van der Waals surface area (Å²) in [6.07, 6.45) is 4.70. The lowest BCUT2D eigenvalue weighted by molar-refractivity contribution is 0.602. The fourth-order valence-electron chi connectivity index (χ4n) is 1.96. The topological polar surface area (TPSA) is 59.1 Å². The van der Waals surface area contributed by atoms with E-state index in [2.05, 4.69) is 10.3 Å². The van der Waals surface area contributed by atoms with E-state index < -0.39 is 9.84 Å².